The van der Waals surface area contributed by atoms with E-state index in [0.717, 1.165) is 42.7 Å². The highest BCUT2D eigenvalue weighted by molar-refractivity contribution is 5.69. The van der Waals surface area contributed by atoms with Crippen molar-refractivity contribution < 1.29 is 41.2 Å². The summed E-state index contributed by atoms with van der Waals surface area (Å²) in [5.74, 6) is -2.90. The fourth-order valence-corrected chi connectivity index (χ4v) is 8.30. The van der Waals surface area contributed by atoms with Crippen LogP contribution in [0.15, 0.2) is 61.1 Å². The molecule has 8 rings (SSSR count). The van der Waals surface area contributed by atoms with E-state index in [2.05, 4.69) is 26.1 Å². The second-order valence-corrected chi connectivity index (χ2v) is 16.4. The molecule has 0 atom stereocenters. The van der Waals surface area contributed by atoms with Crippen LogP contribution in [-0.4, -0.2) is 64.9 Å². The summed E-state index contributed by atoms with van der Waals surface area (Å²) >= 11 is 0. The number of hydrogen-bond donors (Lipinski definition) is 2. The first-order chi connectivity index (χ1) is 31.1. The lowest BCUT2D eigenvalue weighted by Crippen LogP contribution is -2.42. The van der Waals surface area contributed by atoms with Crippen molar-refractivity contribution in [1.82, 2.24) is 29.3 Å². The molecule has 1 aliphatic carbocycles. The Balaban J connectivity index is 1.07. The van der Waals surface area contributed by atoms with Gasteiger partial charge in [0.1, 0.15) is 28.8 Å². The summed E-state index contributed by atoms with van der Waals surface area (Å²) in [6, 6.07) is 13.4. The van der Waals surface area contributed by atoms with Crippen LogP contribution in [0.3, 0.4) is 0 Å². The number of aromatic nitrogens is 5. The van der Waals surface area contributed by atoms with E-state index in [4.69, 9.17) is 14.0 Å². The van der Waals surface area contributed by atoms with Crippen LogP contribution in [0, 0.1) is 29.0 Å². The molecule has 2 aromatic carbocycles. The highest BCUT2D eigenvalue weighted by Crippen LogP contribution is 2.33. The van der Waals surface area contributed by atoms with Crippen LogP contribution in [0.1, 0.15) is 89.5 Å². The summed E-state index contributed by atoms with van der Waals surface area (Å²) in [6.45, 7) is 4.83. The van der Waals surface area contributed by atoms with Crippen LogP contribution >= 0.6 is 0 Å². The fourth-order valence-electron chi connectivity index (χ4n) is 8.30. The minimum absolute atomic E-state index is 0.000659. The minimum atomic E-state index is -4.43. The van der Waals surface area contributed by atoms with E-state index in [1.165, 1.54) is 21.3 Å². The highest BCUT2D eigenvalue weighted by Gasteiger charge is 2.29. The van der Waals surface area contributed by atoms with E-state index in [1.54, 1.807) is 6.07 Å². The third kappa shape index (κ3) is 9.56. The van der Waals surface area contributed by atoms with Crippen molar-refractivity contribution in [1.29, 1.82) is 5.26 Å². The van der Waals surface area contributed by atoms with Crippen LogP contribution in [0.4, 0.5) is 22.0 Å². The van der Waals surface area contributed by atoms with Gasteiger partial charge in [0.15, 0.2) is 34.7 Å². The van der Waals surface area contributed by atoms with Crippen LogP contribution < -0.4 is 11.1 Å². The van der Waals surface area contributed by atoms with Gasteiger partial charge in [-0.25, -0.2) is 13.8 Å². The Hall–Kier alpha value is -7.12. The number of hydrogen-bond acceptors (Lipinski definition) is 11. The zero-order valence-corrected chi connectivity index (χ0v) is 35.3. The Morgan fingerprint density at radius 2 is 1.43 bits per heavy atom. The Kier molecular flexibility index (Phi) is 12.4. The van der Waals surface area contributed by atoms with Gasteiger partial charge in [0.2, 0.25) is 0 Å². The molecule has 0 fully saturated rings. The maximum absolute atomic E-state index is 14.9. The van der Waals surface area contributed by atoms with E-state index in [1.807, 2.05) is 19.9 Å². The van der Waals surface area contributed by atoms with Gasteiger partial charge in [-0.1, -0.05) is 15.2 Å². The first-order valence-electron chi connectivity index (χ1n) is 21.0. The second kappa shape index (κ2) is 18.2. The first-order valence-corrected chi connectivity index (χ1v) is 21.0. The van der Waals surface area contributed by atoms with Gasteiger partial charge in [0, 0.05) is 72.6 Å². The lowest BCUT2D eigenvalue weighted by molar-refractivity contribution is -0.134. The smallest absolute Gasteiger partial charge is 0.389 e. The zero-order valence-electron chi connectivity index (χ0n) is 35.3. The predicted octanol–water partition coefficient (Wildman–Crippen LogP) is 7.44. The van der Waals surface area contributed by atoms with Crippen molar-refractivity contribution >= 4 is 0 Å². The molecule has 65 heavy (non-hydrogen) atoms. The van der Waals surface area contributed by atoms with E-state index < -0.39 is 42.2 Å². The van der Waals surface area contributed by atoms with Crippen molar-refractivity contribution in [2.75, 3.05) is 13.1 Å². The molecule has 0 amide bonds. The molecule has 1 aliphatic heterocycles. The Labute approximate surface area is 367 Å². The second-order valence-electron chi connectivity index (χ2n) is 16.4. The number of aryl methyl sites for hydroxylation is 2. The Morgan fingerprint density at radius 3 is 2.08 bits per heavy atom. The average molecular weight is 898 g/mol. The Morgan fingerprint density at radius 1 is 0.815 bits per heavy atom. The molecule has 2 aliphatic rings. The number of alkyl halides is 3. The van der Waals surface area contributed by atoms with Crippen LogP contribution in [-0.2, 0) is 51.7 Å². The lowest BCUT2D eigenvalue weighted by Gasteiger charge is -2.31. The summed E-state index contributed by atoms with van der Waals surface area (Å²) in [7, 11) is 0. The number of fused-ring (bicyclic) bond motifs is 2. The van der Waals surface area contributed by atoms with Gasteiger partial charge in [-0.05, 0) is 75.8 Å². The number of aromatic hydroxyl groups is 2. The van der Waals surface area contributed by atoms with Crippen LogP contribution in [0.2, 0.25) is 0 Å². The van der Waals surface area contributed by atoms with E-state index >= 15 is 0 Å². The number of pyridine rings is 1. The van der Waals surface area contributed by atoms with Gasteiger partial charge in [0.25, 0.3) is 17.7 Å². The molecule has 0 saturated heterocycles. The van der Waals surface area contributed by atoms with Crippen molar-refractivity contribution in [3.63, 3.8) is 0 Å². The third-order valence-electron chi connectivity index (χ3n) is 11.8. The van der Waals surface area contributed by atoms with Crippen molar-refractivity contribution in [3.05, 3.63) is 136 Å². The topological polar surface area (TPSA) is 181 Å². The average Bonchev–Trinajstić information content (AvgIpc) is 3.95. The molecule has 0 bridgehead atoms. The number of nitrogens with zero attached hydrogens (tertiary/aromatic N) is 8. The molecule has 14 nitrogen and oxygen atoms in total. The standard InChI is InChI=1S/C46H41F5N8O6/c1-25(2)57-12-9-38-35(24-57)45(63)59(23-30-17-41(64-56-30)33-18-39(60)36(47)14-27(33)20-52)43(54-38)8-11-53-21-28-15-37(48)40(61)19-34(28)42-16-29(55-65-42)22-58-31(7-10-46(49,50)51)13-26-5-3-4-6-32(26)44(58)62/h13-19,25,60H,3-12,22-24H2,1-2H3/p+1. The van der Waals surface area contributed by atoms with Gasteiger partial charge in [-0.3, -0.25) is 19.1 Å². The van der Waals surface area contributed by atoms with Crippen molar-refractivity contribution in [3.8, 4) is 46.3 Å². The number of nitriles is 1. The van der Waals surface area contributed by atoms with Crippen molar-refractivity contribution in [2.45, 2.75) is 97.1 Å². The SMILES string of the molecule is CC(C)N1CCc2nc(CC[N+]#Cc3cc(F)c(O)cc3-c3cc(Cn4c(CCC(F)(F)F)cc5c(c4=O)CCCC5)no3)n(Cc3cc(-c4cc(O)c(F)cc4C#N)on3)c(=O)c2C1. The molecule has 6 aromatic rings. The van der Waals surface area contributed by atoms with Gasteiger partial charge in [-0.15, -0.1) is 0 Å². The summed E-state index contributed by atoms with van der Waals surface area (Å²) in [6.07, 6.45) is -2.57. The summed E-state index contributed by atoms with van der Waals surface area (Å²) in [5, 5.41) is 38.1. The van der Waals surface area contributed by atoms with Gasteiger partial charge in [-0.2, -0.15) is 18.4 Å². The maximum Gasteiger partial charge on any atom is 0.389 e. The Bertz CT molecular complexity index is 3040. The molecule has 19 heteroatoms. The summed E-state index contributed by atoms with van der Waals surface area (Å²) in [4.78, 5) is 39.3. The number of benzene rings is 2. The fraction of sp³-hybridized carbons (Fsp3) is 0.370. The molecule has 0 saturated carbocycles. The maximum atomic E-state index is 14.9. The number of phenolic OH excluding ortho intramolecular Hbond substituents is 2. The molecule has 0 spiro atoms. The van der Waals surface area contributed by atoms with Gasteiger partial charge >= 0.3 is 12.2 Å². The van der Waals surface area contributed by atoms with E-state index in [9.17, 15) is 47.0 Å². The van der Waals surface area contributed by atoms with Crippen LogP contribution in [0.5, 0.6) is 11.5 Å². The molecule has 0 unspecified atom stereocenters. The van der Waals surface area contributed by atoms with E-state index in [0.29, 0.717) is 55.0 Å². The van der Waals surface area contributed by atoms with Crippen molar-refractivity contribution in [2.24, 2.45) is 0 Å². The monoisotopic (exact) mass is 897 g/mol. The van der Waals surface area contributed by atoms with Crippen LogP contribution in [0.25, 0.3) is 27.5 Å². The zero-order chi connectivity index (χ0) is 46.2. The molecule has 336 valence electrons. The molecular formula is C46H42F5N8O6+. The first kappa shape index (κ1) is 44.5. The molecule has 0 radical (unpaired) electrons. The lowest BCUT2D eigenvalue weighted by atomic mass is 9.92. The molecular weight excluding hydrogens is 856 g/mol. The molecule has 2 N–H and O–H groups in total. The summed E-state index contributed by atoms with van der Waals surface area (Å²) in [5.41, 5.74) is 2.69. The minimum Gasteiger partial charge on any atom is -0.505 e. The third-order valence-corrected chi connectivity index (χ3v) is 11.8. The highest BCUT2D eigenvalue weighted by atomic mass is 19.4. The number of rotatable bonds is 11. The number of halogens is 5. The summed E-state index contributed by atoms with van der Waals surface area (Å²) < 4.78 is 82.6. The number of phenols is 2. The molecule has 4 aromatic heterocycles. The molecule has 5 heterocycles. The van der Waals surface area contributed by atoms with Gasteiger partial charge < -0.3 is 23.8 Å². The van der Waals surface area contributed by atoms with Gasteiger partial charge in [0.05, 0.1) is 36.3 Å². The predicted molar refractivity (Wildman–Crippen MR) is 224 cm³/mol. The van der Waals surface area contributed by atoms with E-state index in [-0.39, 0.29) is 94.1 Å². The normalized spacial score (nSPS) is 13.9. The quantitative estimate of drug-likeness (QED) is 0.123. The largest absolute Gasteiger partial charge is 0.505 e.